The Balaban J connectivity index is 2.22. The van der Waals surface area contributed by atoms with Crippen molar-refractivity contribution in [3.8, 4) is 0 Å². The number of rotatable bonds is 1. The zero-order valence-corrected chi connectivity index (χ0v) is 9.22. The predicted molar refractivity (Wildman–Crippen MR) is 57.6 cm³/mol. The molecule has 1 fully saturated rings. The lowest BCUT2D eigenvalue weighted by Crippen LogP contribution is -2.41. The summed E-state index contributed by atoms with van der Waals surface area (Å²) >= 11 is 5.95. The fourth-order valence-corrected chi connectivity index (χ4v) is 1.97. The second-order valence-corrected chi connectivity index (χ2v) is 4.17. The fourth-order valence-electron chi connectivity index (χ4n) is 1.69. The quantitative estimate of drug-likeness (QED) is 0.799. The van der Waals surface area contributed by atoms with Crippen LogP contribution in [0, 0.1) is 5.82 Å². The van der Waals surface area contributed by atoms with Gasteiger partial charge in [0.05, 0.1) is 12.7 Å². The second kappa shape index (κ2) is 4.47. The molecule has 1 saturated heterocycles. The van der Waals surface area contributed by atoms with Gasteiger partial charge in [-0.05, 0) is 19.1 Å². The number of morpholine rings is 1. The summed E-state index contributed by atoms with van der Waals surface area (Å²) in [5, 5.41) is 3.66. The average Bonchev–Trinajstić information content (AvgIpc) is 2.20. The molecule has 1 aromatic carbocycles. The van der Waals surface area contributed by atoms with Crippen LogP contribution in [0.1, 0.15) is 18.6 Å². The maximum Gasteiger partial charge on any atom is 0.130 e. The fraction of sp³-hybridized carbons (Fsp3) is 0.455. The Hall–Kier alpha value is -0.640. The number of nitrogens with one attached hydrogen (secondary N) is 1. The molecule has 0 aromatic heterocycles. The molecular weight excluding hydrogens is 217 g/mol. The number of hydrogen-bond acceptors (Lipinski definition) is 2. The molecule has 4 heteroatoms. The van der Waals surface area contributed by atoms with Crippen molar-refractivity contribution in [1.82, 2.24) is 5.32 Å². The van der Waals surface area contributed by atoms with Gasteiger partial charge < -0.3 is 10.1 Å². The lowest BCUT2D eigenvalue weighted by Gasteiger charge is -2.29. The molecule has 0 spiro atoms. The third-order valence-corrected chi connectivity index (χ3v) is 2.85. The highest BCUT2D eigenvalue weighted by Crippen LogP contribution is 2.29. The van der Waals surface area contributed by atoms with Crippen LogP contribution < -0.4 is 5.32 Å². The van der Waals surface area contributed by atoms with Gasteiger partial charge in [0.25, 0.3) is 0 Å². The van der Waals surface area contributed by atoms with Crippen LogP contribution in [-0.2, 0) is 4.74 Å². The van der Waals surface area contributed by atoms with Crippen molar-refractivity contribution in [1.29, 1.82) is 0 Å². The third-order valence-electron chi connectivity index (χ3n) is 2.52. The lowest BCUT2D eigenvalue weighted by atomic mass is 10.1. The Kier molecular flexibility index (Phi) is 3.24. The first-order chi connectivity index (χ1) is 7.18. The van der Waals surface area contributed by atoms with E-state index in [0.717, 1.165) is 0 Å². The van der Waals surface area contributed by atoms with Crippen LogP contribution in [0.5, 0.6) is 0 Å². The van der Waals surface area contributed by atoms with E-state index in [-0.39, 0.29) is 11.9 Å². The van der Waals surface area contributed by atoms with Gasteiger partial charge in [0.1, 0.15) is 5.82 Å². The van der Waals surface area contributed by atoms with Crippen molar-refractivity contribution in [3.63, 3.8) is 0 Å². The Labute approximate surface area is 93.4 Å². The van der Waals surface area contributed by atoms with Gasteiger partial charge in [0, 0.05) is 23.2 Å². The summed E-state index contributed by atoms with van der Waals surface area (Å²) in [6.07, 6.45) is -0.283. The molecule has 0 radical (unpaired) electrons. The van der Waals surface area contributed by atoms with E-state index >= 15 is 0 Å². The molecule has 1 heterocycles. The zero-order valence-electron chi connectivity index (χ0n) is 8.47. The van der Waals surface area contributed by atoms with Crippen molar-refractivity contribution in [2.75, 3.05) is 13.2 Å². The van der Waals surface area contributed by atoms with E-state index in [1.165, 1.54) is 6.07 Å². The maximum absolute atomic E-state index is 13.5. The van der Waals surface area contributed by atoms with Gasteiger partial charge >= 0.3 is 0 Å². The highest BCUT2D eigenvalue weighted by molar-refractivity contribution is 6.31. The largest absolute Gasteiger partial charge is 0.370 e. The minimum Gasteiger partial charge on any atom is -0.370 e. The lowest BCUT2D eigenvalue weighted by molar-refractivity contribution is 0.00509. The van der Waals surface area contributed by atoms with E-state index < -0.39 is 0 Å². The van der Waals surface area contributed by atoms with Crippen molar-refractivity contribution < 1.29 is 9.13 Å². The van der Waals surface area contributed by atoms with Crippen LogP contribution in [-0.4, -0.2) is 19.2 Å². The summed E-state index contributed by atoms with van der Waals surface area (Å²) in [4.78, 5) is 0. The summed E-state index contributed by atoms with van der Waals surface area (Å²) < 4.78 is 19.1. The van der Waals surface area contributed by atoms with Crippen LogP contribution in [0.3, 0.4) is 0 Å². The molecule has 1 aliphatic heterocycles. The van der Waals surface area contributed by atoms with Crippen LogP contribution in [0.25, 0.3) is 0 Å². The first kappa shape index (κ1) is 10.9. The van der Waals surface area contributed by atoms with Gasteiger partial charge in [-0.3, -0.25) is 0 Å². The maximum atomic E-state index is 13.5. The van der Waals surface area contributed by atoms with Gasteiger partial charge in [-0.2, -0.15) is 0 Å². The highest BCUT2D eigenvalue weighted by Gasteiger charge is 2.24. The molecule has 2 atom stereocenters. The van der Waals surface area contributed by atoms with Gasteiger partial charge in [-0.1, -0.05) is 17.7 Å². The number of hydrogen-bond donors (Lipinski definition) is 1. The first-order valence-corrected chi connectivity index (χ1v) is 5.35. The first-order valence-electron chi connectivity index (χ1n) is 4.97. The topological polar surface area (TPSA) is 21.3 Å². The summed E-state index contributed by atoms with van der Waals surface area (Å²) in [6.45, 7) is 3.20. The van der Waals surface area contributed by atoms with E-state index in [4.69, 9.17) is 16.3 Å². The van der Waals surface area contributed by atoms with Gasteiger partial charge in [0.15, 0.2) is 0 Å². The standard InChI is InChI=1S/C11H13ClFNO/c1-7-6-15-10(5-14-7)11-8(12)3-2-4-9(11)13/h2-4,7,10,14H,5-6H2,1H3. The van der Waals surface area contributed by atoms with E-state index in [9.17, 15) is 4.39 Å². The van der Waals surface area contributed by atoms with E-state index in [1.54, 1.807) is 12.1 Å². The van der Waals surface area contributed by atoms with Gasteiger partial charge in [-0.25, -0.2) is 4.39 Å². The van der Waals surface area contributed by atoms with E-state index in [2.05, 4.69) is 5.32 Å². The van der Waals surface area contributed by atoms with E-state index in [1.807, 2.05) is 6.92 Å². The van der Waals surface area contributed by atoms with Crippen molar-refractivity contribution in [2.45, 2.75) is 19.1 Å². The second-order valence-electron chi connectivity index (χ2n) is 3.77. The van der Waals surface area contributed by atoms with Crippen LogP contribution in [0.15, 0.2) is 18.2 Å². The molecular formula is C11H13ClFNO. The normalized spacial score (nSPS) is 26.6. The highest BCUT2D eigenvalue weighted by atomic mass is 35.5. The SMILES string of the molecule is CC1COC(c2c(F)cccc2Cl)CN1. The molecule has 2 unspecified atom stereocenters. The molecule has 2 nitrogen and oxygen atoms in total. The molecule has 0 aliphatic carbocycles. The monoisotopic (exact) mass is 229 g/mol. The minimum atomic E-state index is -0.302. The van der Waals surface area contributed by atoms with Gasteiger partial charge in [-0.15, -0.1) is 0 Å². The molecule has 82 valence electrons. The van der Waals surface area contributed by atoms with Crippen LogP contribution in [0.4, 0.5) is 4.39 Å². The zero-order chi connectivity index (χ0) is 10.8. The summed E-state index contributed by atoms with van der Waals surface area (Å²) in [5.41, 5.74) is 0.457. The van der Waals surface area contributed by atoms with Crippen molar-refractivity contribution in [2.24, 2.45) is 0 Å². The molecule has 1 N–H and O–H groups in total. The molecule has 2 rings (SSSR count). The molecule has 15 heavy (non-hydrogen) atoms. The van der Waals surface area contributed by atoms with E-state index in [0.29, 0.717) is 29.8 Å². The number of halogens is 2. The Morgan fingerprint density at radius 2 is 2.33 bits per heavy atom. The smallest absolute Gasteiger partial charge is 0.130 e. The summed E-state index contributed by atoms with van der Waals surface area (Å²) in [6, 6.07) is 5.00. The number of ether oxygens (including phenoxy) is 1. The average molecular weight is 230 g/mol. The molecule has 0 bridgehead atoms. The number of benzene rings is 1. The van der Waals surface area contributed by atoms with Crippen LogP contribution in [0.2, 0.25) is 5.02 Å². The Bertz CT molecular complexity index is 330. The van der Waals surface area contributed by atoms with Crippen LogP contribution >= 0.6 is 11.6 Å². The summed E-state index contributed by atoms with van der Waals surface area (Å²) in [7, 11) is 0. The Morgan fingerprint density at radius 1 is 1.53 bits per heavy atom. The predicted octanol–water partition coefficient (Wildman–Crippen LogP) is 2.53. The molecule has 1 aromatic rings. The third kappa shape index (κ3) is 2.30. The van der Waals surface area contributed by atoms with Gasteiger partial charge in [0.2, 0.25) is 0 Å². The molecule has 1 aliphatic rings. The Morgan fingerprint density at radius 3 is 2.93 bits per heavy atom. The molecule has 0 amide bonds. The molecule has 0 saturated carbocycles. The van der Waals surface area contributed by atoms with Crippen molar-refractivity contribution >= 4 is 11.6 Å². The van der Waals surface area contributed by atoms with Crippen molar-refractivity contribution in [3.05, 3.63) is 34.6 Å². The minimum absolute atomic E-state index is 0.283. The summed E-state index contributed by atoms with van der Waals surface area (Å²) in [5.74, 6) is -0.302.